The molecule has 5 heteroatoms. The minimum absolute atomic E-state index is 0.0807. The van der Waals surface area contributed by atoms with E-state index in [2.05, 4.69) is 186 Å². The molecule has 0 fully saturated rings. The summed E-state index contributed by atoms with van der Waals surface area (Å²) in [4.78, 5) is 2.26. The van der Waals surface area contributed by atoms with Gasteiger partial charge in [-0.2, -0.15) is 0 Å². The van der Waals surface area contributed by atoms with Crippen molar-refractivity contribution >= 4 is 38.9 Å². The summed E-state index contributed by atoms with van der Waals surface area (Å²) in [6.45, 7) is 6.62. The van der Waals surface area contributed by atoms with Crippen molar-refractivity contribution in [3.8, 4) is 39.7 Å². The van der Waals surface area contributed by atoms with Gasteiger partial charge in [-0.05, 0) is 113 Å². The van der Waals surface area contributed by atoms with Crippen molar-refractivity contribution in [2.45, 2.75) is 26.2 Å². The molecule has 0 aliphatic heterocycles. The van der Waals surface area contributed by atoms with Crippen molar-refractivity contribution in [3.63, 3.8) is 0 Å². The van der Waals surface area contributed by atoms with Crippen LogP contribution in [0.15, 0.2) is 180 Å². The monoisotopic (exact) mass is 686 g/mol. The molecule has 5 nitrogen and oxygen atoms in total. The number of para-hydroxylation sites is 3. The molecule has 0 bridgehead atoms. The summed E-state index contributed by atoms with van der Waals surface area (Å²) in [6, 6.07) is 62.0. The van der Waals surface area contributed by atoms with E-state index < -0.39 is 0 Å². The number of aromatic nitrogens is 3. The number of fused-ring (bicyclic) bond motifs is 3. The fraction of sp³-hybridized carbons (Fsp3) is 0.0833. The molecule has 2 heterocycles. The standard InChI is InChI=1S/C48H38N4O/c1-48(2,3)37-25-18-34(19-26-37)46-49-50-47(53-46)35-22-29-41(30-23-35)51(38-12-6-4-7-13-38)40-27-20-33(21-28-40)36-24-31-45-43(32-36)42-16-10-11-17-44(42)52(45)39-14-8-5-9-15-39/h4-32H,1-3H3. The van der Waals surface area contributed by atoms with Crippen molar-refractivity contribution in [2.24, 2.45) is 0 Å². The number of nitrogens with zero attached hydrogens (tertiary/aromatic N) is 4. The maximum atomic E-state index is 6.14. The van der Waals surface area contributed by atoms with Crippen LogP contribution in [-0.4, -0.2) is 14.8 Å². The lowest BCUT2D eigenvalue weighted by Gasteiger charge is -2.25. The van der Waals surface area contributed by atoms with E-state index in [9.17, 15) is 0 Å². The fourth-order valence-electron chi connectivity index (χ4n) is 7.16. The zero-order chi connectivity index (χ0) is 35.9. The third-order valence-electron chi connectivity index (χ3n) is 9.96. The van der Waals surface area contributed by atoms with Crippen molar-refractivity contribution < 1.29 is 4.42 Å². The van der Waals surface area contributed by atoms with Gasteiger partial charge in [-0.25, -0.2) is 0 Å². The Bertz CT molecular complexity index is 2670. The third kappa shape index (κ3) is 6.06. The van der Waals surface area contributed by atoms with Crippen LogP contribution in [0.25, 0.3) is 61.5 Å². The van der Waals surface area contributed by atoms with Crippen LogP contribution in [0.4, 0.5) is 17.1 Å². The van der Waals surface area contributed by atoms with Crippen LogP contribution in [0.1, 0.15) is 26.3 Å². The zero-order valence-electron chi connectivity index (χ0n) is 29.9. The Morgan fingerprint density at radius 2 is 0.943 bits per heavy atom. The number of anilines is 3. The Balaban J connectivity index is 1.02. The fourth-order valence-corrected chi connectivity index (χ4v) is 7.16. The smallest absolute Gasteiger partial charge is 0.248 e. The van der Waals surface area contributed by atoms with Crippen LogP contribution < -0.4 is 4.90 Å². The molecular formula is C48H38N4O. The quantitative estimate of drug-likeness (QED) is 0.167. The third-order valence-corrected chi connectivity index (χ3v) is 9.96. The van der Waals surface area contributed by atoms with Crippen molar-refractivity contribution in [1.82, 2.24) is 14.8 Å². The summed E-state index contributed by atoms with van der Waals surface area (Å²) in [6.07, 6.45) is 0. The zero-order valence-corrected chi connectivity index (χ0v) is 29.9. The molecule has 0 unspecified atom stereocenters. The molecule has 0 aliphatic rings. The molecule has 256 valence electrons. The highest BCUT2D eigenvalue weighted by molar-refractivity contribution is 6.10. The number of hydrogen-bond acceptors (Lipinski definition) is 4. The first kappa shape index (κ1) is 32.2. The summed E-state index contributed by atoms with van der Waals surface area (Å²) in [7, 11) is 0. The predicted octanol–water partition coefficient (Wildman–Crippen LogP) is 12.9. The largest absolute Gasteiger partial charge is 0.416 e. The summed E-state index contributed by atoms with van der Waals surface area (Å²) in [5.41, 5.74) is 12.2. The van der Waals surface area contributed by atoms with Gasteiger partial charge in [0.15, 0.2) is 0 Å². The molecule has 9 rings (SSSR count). The van der Waals surface area contributed by atoms with Gasteiger partial charge in [0, 0.05) is 44.6 Å². The maximum absolute atomic E-state index is 6.14. The Morgan fingerprint density at radius 3 is 1.57 bits per heavy atom. The molecule has 9 aromatic rings. The van der Waals surface area contributed by atoms with E-state index in [0.29, 0.717) is 11.8 Å². The van der Waals surface area contributed by atoms with E-state index in [-0.39, 0.29) is 5.41 Å². The van der Waals surface area contributed by atoms with E-state index in [1.54, 1.807) is 0 Å². The van der Waals surface area contributed by atoms with Crippen molar-refractivity contribution in [2.75, 3.05) is 4.90 Å². The van der Waals surface area contributed by atoms with Gasteiger partial charge in [0.25, 0.3) is 0 Å². The van der Waals surface area contributed by atoms with Gasteiger partial charge in [-0.3, -0.25) is 0 Å². The van der Waals surface area contributed by atoms with Crippen LogP contribution in [0, 0.1) is 0 Å². The van der Waals surface area contributed by atoms with Gasteiger partial charge >= 0.3 is 0 Å². The highest BCUT2D eigenvalue weighted by atomic mass is 16.4. The highest BCUT2D eigenvalue weighted by Crippen LogP contribution is 2.39. The van der Waals surface area contributed by atoms with E-state index in [0.717, 1.165) is 39.4 Å². The minimum Gasteiger partial charge on any atom is -0.416 e. The molecule has 0 radical (unpaired) electrons. The van der Waals surface area contributed by atoms with Crippen LogP contribution in [0.5, 0.6) is 0 Å². The molecule has 0 saturated heterocycles. The van der Waals surface area contributed by atoms with Gasteiger partial charge in [-0.15, -0.1) is 10.2 Å². The maximum Gasteiger partial charge on any atom is 0.248 e. The second-order valence-corrected chi connectivity index (χ2v) is 14.4. The summed E-state index contributed by atoms with van der Waals surface area (Å²) in [5.74, 6) is 1.00. The Kier molecular flexibility index (Phi) is 7.97. The molecule has 0 saturated carbocycles. The molecule has 0 atom stereocenters. The lowest BCUT2D eigenvalue weighted by atomic mass is 9.87. The molecular weight excluding hydrogens is 649 g/mol. The summed E-state index contributed by atoms with van der Waals surface area (Å²) in [5, 5.41) is 11.2. The number of rotatable bonds is 7. The molecule has 0 aliphatic carbocycles. The Morgan fingerprint density at radius 1 is 0.453 bits per heavy atom. The van der Waals surface area contributed by atoms with E-state index in [1.165, 1.54) is 32.9 Å². The molecule has 0 amide bonds. The SMILES string of the molecule is CC(C)(C)c1ccc(-c2nnc(-c3ccc(N(c4ccccc4)c4ccc(-c5ccc6c(c5)c5ccccc5n6-c5ccccc5)cc4)cc3)o2)cc1. The van der Waals surface area contributed by atoms with Crippen LogP contribution in [0.2, 0.25) is 0 Å². The average Bonchev–Trinajstić information content (AvgIpc) is 3.83. The van der Waals surface area contributed by atoms with Gasteiger partial charge in [0.05, 0.1) is 11.0 Å². The Labute approximate surface area is 309 Å². The van der Waals surface area contributed by atoms with Crippen LogP contribution in [-0.2, 0) is 5.41 Å². The number of benzene rings is 7. The van der Waals surface area contributed by atoms with Crippen LogP contribution >= 0.6 is 0 Å². The van der Waals surface area contributed by atoms with Gasteiger partial charge in [0.2, 0.25) is 11.8 Å². The van der Waals surface area contributed by atoms with E-state index in [4.69, 9.17) is 4.42 Å². The second-order valence-electron chi connectivity index (χ2n) is 14.4. The molecule has 0 spiro atoms. The highest BCUT2D eigenvalue weighted by Gasteiger charge is 2.18. The van der Waals surface area contributed by atoms with Crippen LogP contribution in [0.3, 0.4) is 0 Å². The van der Waals surface area contributed by atoms with Gasteiger partial charge in [0.1, 0.15) is 0 Å². The summed E-state index contributed by atoms with van der Waals surface area (Å²) >= 11 is 0. The lowest BCUT2D eigenvalue weighted by Crippen LogP contribution is -2.10. The normalized spacial score (nSPS) is 11.7. The second kappa shape index (κ2) is 13.1. The van der Waals surface area contributed by atoms with Crippen molar-refractivity contribution in [3.05, 3.63) is 181 Å². The number of hydrogen-bond donors (Lipinski definition) is 0. The molecule has 2 aromatic heterocycles. The molecule has 53 heavy (non-hydrogen) atoms. The van der Waals surface area contributed by atoms with Gasteiger partial charge in [-0.1, -0.05) is 106 Å². The first-order valence-electron chi connectivity index (χ1n) is 18.0. The first-order valence-corrected chi connectivity index (χ1v) is 18.0. The van der Waals surface area contributed by atoms with E-state index in [1.807, 2.05) is 30.3 Å². The van der Waals surface area contributed by atoms with Gasteiger partial charge < -0.3 is 13.9 Å². The van der Waals surface area contributed by atoms with Crippen molar-refractivity contribution in [1.29, 1.82) is 0 Å². The summed E-state index contributed by atoms with van der Waals surface area (Å²) < 4.78 is 8.49. The minimum atomic E-state index is 0.0807. The Hall–Kier alpha value is -6.72. The lowest BCUT2D eigenvalue weighted by molar-refractivity contribution is 0.582. The molecule has 0 N–H and O–H groups in total. The molecule has 7 aromatic carbocycles. The predicted molar refractivity (Wildman–Crippen MR) is 218 cm³/mol. The first-order chi connectivity index (χ1) is 25.9. The average molecular weight is 687 g/mol. The topological polar surface area (TPSA) is 47.1 Å². The van der Waals surface area contributed by atoms with E-state index >= 15 is 0 Å².